The number of nitrogens with zero attached hydrogens (tertiary/aromatic N) is 4. The molecule has 0 aliphatic carbocycles. The zero-order valence-electron chi connectivity index (χ0n) is 15.6. The molecule has 0 radical (unpaired) electrons. The molecule has 1 N–H and O–H groups in total. The molecule has 2 atom stereocenters. The largest absolute Gasteiger partial charge is 0.389 e. The first-order valence-electron chi connectivity index (χ1n) is 9.06. The van der Waals surface area contributed by atoms with Crippen LogP contribution in [-0.4, -0.2) is 32.3 Å². The Balaban J connectivity index is 1.79. The van der Waals surface area contributed by atoms with Crippen molar-refractivity contribution < 1.29 is 9.90 Å². The van der Waals surface area contributed by atoms with Gasteiger partial charge in [0, 0.05) is 29.7 Å². The molecular weight excluding hydrogens is 340 g/mol. The van der Waals surface area contributed by atoms with Gasteiger partial charge in [0.05, 0.1) is 18.3 Å². The lowest BCUT2D eigenvalue weighted by Gasteiger charge is -2.32. The topological polar surface area (TPSA) is 71.2 Å². The molecule has 6 nitrogen and oxygen atoms in total. The van der Waals surface area contributed by atoms with Crippen molar-refractivity contribution in [1.29, 1.82) is 0 Å². The van der Waals surface area contributed by atoms with Crippen LogP contribution in [0, 0.1) is 6.92 Å². The lowest BCUT2D eigenvalue weighted by Crippen LogP contribution is -2.42. The number of amides is 1. The first-order valence-corrected chi connectivity index (χ1v) is 9.06. The number of carbonyl (C=O) groups excluding carboxylic acids is 1. The molecule has 3 heterocycles. The molecule has 0 saturated heterocycles. The maximum atomic E-state index is 13.4. The normalized spacial score (nSPS) is 17.7. The van der Waals surface area contributed by atoms with Crippen LogP contribution in [-0.2, 0) is 0 Å². The van der Waals surface area contributed by atoms with Crippen LogP contribution in [0.15, 0.2) is 48.8 Å². The van der Waals surface area contributed by atoms with Crippen molar-refractivity contribution in [2.45, 2.75) is 32.9 Å². The van der Waals surface area contributed by atoms with Gasteiger partial charge in [-0.3, -0.25) is 14.5 Å². The van der Waals surface area contributed by atoms with E-state index in [9.17, 15) is 9.90 Å². The van der Waals surface area contributed by atoms with Gasteiger partial charge >= 0.3 is 0 Å². The molecule has 138 valence electrons. The minimum absolute atomic E-state index is 0.0459. The van der Waals surface area contributed by atoms with Crippen LogP contribution in [0.1, 0.15) is 47.7 Å². The number of aromatic nitrogens is 3. The van der Waals surface area contributed by atoms with E-state index in [0.717, 1.165) is 28.1 Å². The Hall–Kier alpha value is -2.99. The van der Waals surface area contributed by atoms with Crippen LogP contribution in [0.2, 0.25) is 0 Å². The second-order valence-corrected chi connectivity index (χ2v) is 7.07. The molecule has 27 heavy (non-hydrogen) atoms. The highest BCUT2D eigenvalue weighted by Crippen LogP contribution is 2.33. The molecule has 2 aromatic heterocycles. The zero-order chi connectivity index (χ0) is 19.1. The minimum Gasteiger partial charge on any atom is -0.389 e. The van der Waals surface area contributed by atoms with E-state index in [1.807, 2.05) is 48.0 Å². The van der Waals surface area contributed by atoms with Gasteiger partial charge in [-0.05, 0) is 56.2 Å². The van der Waals surface area contributed by atoms with Crippen molar-refractivity contribution in [2.24, 2.45) is 0 Å². The number of rotatable bonds is 3. The number of aryl methyl sites for hydroxylation is 1. The van der Waals surface area contributed by atoms with E-state index >= 15 is 0 Å². The van der Waals surface area contributed by atoms with Gasteiger partial charge in [-0.25, -0.2) is 0 Å². The number of fused-ring (bicyclic) bond motifs is 1. The fourth-order valence-corrected chi connectivity index (χ4v) is 3.56. The summed E-state index contributed by atoms with van der Waals surface area (Å²) < 4.78 is 1.81. The Kier molecular flexibility index (Phi) is 4.28. The highest BCUT2D eigenvalue weighted by Gasteiger charge is 2.33. The molecule has 1 aliphatic rings. The summed E-state index contributed by atoms with van der Waals surface area (Å²) in [5.41, 5.74) is 4.80. The van der Waals surface area contributed by atoms with E-state index in [1.165, 1.54) is 0 Å². The van der Waals surface area contributed by atoms with Crippen molar-refractivity contribution in [1.82, 2.24) is 14.8 Å². The van der Waals surface area contributed by atoms with Gasteiger partial charge in [0.25, 0.3) is 5.91 Å². The number of carbonyl (C=O) groups is 1. The van der Waals surface area contributed by atoms with Crippen LogP contribution in [0.5, 0.6) is 0 Å². The molecule has 1 amide bonds. The molecule has 0 saturated carbocycles. The summed E-state index contributed by atoms with van der Waals surface area (Å²) in [6.45, 7) is 6.23. The molecule has 4 rings (SSSR count). The SMILES string of the molecule is Cc1cc(-c2cnn3c2C(=O)N(c2cccc(C(C)O)c2)C[C@@H]3C)ccn1. The van der Waals surface area contributed by atoms with Crippen LogP contribution in [0.25, 0.3) is 11.1 Å². The Morgan fingerprint density at radius 1 is 1.26 bits per heavy atom. The average Bonchev–Trinajstić information content (AvgIpc) is 3.11. The van der Waals surface area contributed by atoms with E-state index in [4.69, 9.17) is 0 Å². The Labute approximate surface area is 158 Å². The van der Waals surface area contributed by atoms with Gasteiger partial charge in [-0.2, -0.15) is 5.10 Å². The summed E-state index contributed by atoms with van der Waals surface area (Å²) in [6, 6.07) is 11.4. The fourth-order valence-electron chi connectivity index (χ4n) is 3.56. The van der Waals surface area contributed by atoms with Gasteiger partial charge < -0.3 is 10.0 Å². The van der Waals surface area contributed by atoms with Crippen LogP contribution in [0.4, 0.5) is 5.69 Å². The molecule has 0 spiro atoms. The number of pyridine rings is 1. The van der Waals surface area contributed by atoms with E-state index < -0.39 is 6.10 Å². The molecule has 3 aromatic rings. The van der Waals surface area contributed by atoms with Crippen molar-refractivity contribution in [3.8, 4) is 11.1 Å². The van der Waals surface area contributed by atoms with E-state index in [-0.39, 0.29) is 11.9 Å². The molecule has 6 heteroatoms. The fraction of sp³-hybridized carbons (Fsp3) is 0.286. The quantitative estimate of drug-likeness (QED) is 0.774. The van der Waals surface area contributed by atoms with Gasteiger partial charge in [0.2, 0.25) is 0 Å². The molecule has 1 unspecified atom stereocenters. The van der Waals surface area contributed by atoms with Gasteiger partial charge in [-0.1, -0.05) is 12.1 Å². The van der Waals surface area contributed by atoms with Crippen molar-refractivity contribution in [3.05, 3.63) is 65.7 Å². The minimum atomic E-state index is -0.580. The Morgan fingerprint density at radius 2 is 2.07 bits per heavy atom. The molecule has 0 fully saturated rings. The summed E-state index contributed by atoms with van der Waals surface area (Å²) in [7, 11) is 0. The summed E-state index contributed by atoms with van der Waals surface area (Å²) in [6.07, 6.45) is 2.92. The number of benzene rings is 1. The lowest BCUT2D eigenvalue weighted by atomic mass is 10.0. The van der Waals surface area contributed by atoms with E-state index in [2.05, 4.69) is 17.0 Å². The summed E-state index contributed by atoms with van der Waals surface area (Å²) in [4.78, 5) is 19.4. The van der Waals surface area contributed by atoms with Gasteiger partial charge in [0.15, 0.2) is 0 Å². The number of aliphatic hydroxyl groups excluding tert-OH is 1. The molecule has 1 aliphatic heterocycles. The van der Waals surface area contributed by atoms with Crippen molar-refractivity contribution in [3.63, 3.8) is 0 Å². The summed E-state index contributed by atoms with van der Waals surface area (Å²) >= 11 is 0. The predicted molar refractivity (Wildman–Crippen MR) is 104 cm³/mol. The predicted octanol–water partition coefficient (Wildman–Crippen LogP) is 3.53. The van der Waals surface area contributed by atoms with Crippen LogP contribution < -0.4 is 4.90 Å². The highest BCUT2D eigenvalue weighted by molar-refractivity contribution is 6.09. The third kappa shape index (κ3) is 3.02. The summed E-state index contributed by atoms with van der Waals surface area (Å²) in [5, 5.41) is 14.4. The Bertz CT molecular complexity index is 1010. The lowest BCUT2D eigenvalue weighted by molar-refractivity contribution is 0.0954. The third-order valence-corrected chi connectivity index (χ3v) is 4.98. The monoisotopic (exact) mass is 362 g/mol. The number of aliphatic hydroxyl groups is 1. The van der Waals surface area contributed by atoms with Crippen LogP contribution in [0.3, 0.4) is 0 Å². The summed E-state index contributed by atoms with van der Waals surface area (Å²) in [5.74, 6) is -0.0854. The van der Waals surface area contributed by atoms with E-state index in [1.54, 1.807) is 24.2 Å². The van der Waals surface area contributed by atoms with Gasteiger partial charge in [-0.15, -0.1) is 0 Å². The third-order valence-electron chi connectivity index (χ3n) is 4.98. The average molecular weight is 362 g/mol. The first kappa shape index (κ1) is 17.4. The molecule has 0 bridgehead atoms. The van der Waals surface area contributed by atoms with Crippen molar-refractivity contribution >= 4 is 11.6 Å². The first-order chi connectivity index (χ1) is 13.0. The second kappa shape index (κ2) is 6.63. The number of hydrogen-bond acceptors (Lipinski definition) is 4. The smallest absolute Gasteiger partial charge is 0.277 e. The highest BCUT2D eigenvalue weighted by atomic mass is 16.3. The standard InChI is InChI=1S/C21H22N4O2/c1-13-9-17(7-8-22-13)19-11-23-25-14(2)12-24(21(27)20(19)25)18-6-4-5-16(10-18)15(3)26/h4-11,14-15,26H,12H2,1-3H3/t14-,15?/m0/s1. The molecule has 1 aromatic carbocycles. The zero-order valence-corrected chi connectivity index (χ0v) is 15.6. The second-order valence-electron chi connectivity index (χ2n) is 7.07. The number of anilines is 1. The van der Waals surface area contributed by atoms with Crippen molar-refractivity contribution in [2.75, 3.05) is 11.4 Å². The number of hydrogen-bond donors (Lipinski definition) is 1. The van der Waals surface area contributed by atoms with Crippen LogP contribution >= 0.6 is 0 Å². The Morgan fingerprint density at radius 3 is 2.81 bits per heavy atom. The molecular formula is C21H22N4O2. The maximum absolute atomic E-state index is 13.4. The van der Waals surface area contributed by atoms with E-state index in [0.29, 0.717) is 12.2 Å². The van der Waals surface area contributed by atoms with Gasteiger partial charge in [0.1, 0.15) is 5.69 Å². The maximum Gasteiger partial charge on any atom is 0.277 e.